The second-order valence-corrected chi connectivity index (χ2v) is 6.89. The van der Waals surface area contributed by atoms with Crippen LogP contribution in [0.4, 0.5) is 0 Å². The monoisotopic (exact) mass is 237 g/mol. The Morgan fingerprint density at radius 2 is 1.65 bits per heavy atom. The van der Waals surface area contributed by atoms with Gasteiger partial charge in [-0.1, -0.05) is 0 Å². The van der Waals surface area contributed by atoms with Crippen molar-refractivity contribution >= 4 is 0 Å². The maximum absolute atomic E-state index is 8.90. The first-order valence-electron chi connectivity index (χ1n) is 7.63. The van der Waals surface area contributed by atoms with Gasteiger partial charge in [-0.05, 0) is 75.5 Å². The first kappa shape index (κ1) is 12.0. The van der Waals surface area contributed by atoms with E-state index in [1.165, 1.54) is 25.7 Å². The van der Waals surface area contributed by atoms with E-state index in [1.54, 1.807) is 6.42 Å². The summed E-state index contributed by atoms with van der Waals surface area (Å²) in [5, 5.41) is 12.8. The third kappa shape index (κ3) is 2.39. The molecule has 1 unspecified atom stereocenters. The maximum Gasteiger partial charge on any atom is 0.0431 e. The van der Waals surface area contributed by atoms with Crippen LogP contribution in [0, 0.1) is 23.7 Å². The van der Waals surface area contributed by atoms with E-state index in [0.29, 0.717) is 12.6 Å². The molecule has 0 amide bonds. The molecule has 0 aromatic rings. The van der Waals surface area contributed by atoms with E-state index in [0.717, 1.165) is 42.6 Å². The van der Waals surface area contributed by atoms with Crippen molar-refractivity contribution in [3.8, 4) is 0 Å². The van der Waals surface area contributed by atoms with Crippen molar-refractivity contribution in [1.29, 1.82) is 0 Å². The predicted octanol–water partition coefficient (Wildman–Crippen LogP) is 2.56. The molecule has 1 atom stereocenters. The molecule has 2 nitrogen and oxygen atoms in total. The van der Waals surface area contributed by atoms with E-state index in [4.69, 9.17) is 5.11 Å². The first-order valence-corrected chi connectivity index (χ1v) is 7.63. The Balaban J connectivity index is 1.57. The molecule has 4 saturated carbocycles. The number of nitrogens with one attached hydrogen (secondary N) is 1. The fourth-order valence-electron chi connectivity index (χ4n) is 5.01. The second kappa shape index (κ2) is 4.89. The van der Waals surface area contributed by atoms with Gasteiger partial charge >= 0.3 is 0 Å². The van der Waals surface area contributed by atoms with Crippen molar-refractivity contribution in [3.63, 3.8) is 0 Å². The summed E-state index contributed by atoms with van der Waals surface area (Å²) >= 11 is 0. The maximum atomic E-state index is 8.90. The van der Waals surface area contributed by atoms with Crippen LogP contribution in [0.5, 0.6) is 0 Å². The molecular formula is C15H27NO. The van der Waals surface area contributed by atoms with Gasteiger partial charge in [-0.15, -0.1) is 0 Å². The Hall–Kier alpha value is -0.0800. The zero-order valence-electron chi connectivity index (χ0n) is 11.1. The molecule has 98 valence electrons. The Bertz CT molecular complexity index is 238. The molecule has 0 radical (unpaired) electrons. The summed E-state index contributed by atoms with van der Waals surface area (Å²) in [6.45, 7) is 2.63. The smallest absolute Gasteiger partial charge is 0.0431 e. The third-order valence-electron chi connectivity index (χ3n) is 5.50. The fourth-order valence-corrected chi connectivity index (χ4v) is 5.01. The van der Waals surface area contributed by atoms with Gasteiger partial charge in [0.05, 0.1) is 0 Å². The zero-order chi connectivity index (χ0) is 11.8. The normalized spacial score (nSPS) is 45.2. The van der Waals surface area contributed by atoms with Crippen molar-refractivity contribution < 1.29 is 5.11 Å². The molecule has 2 N–H and O–H groups in total. The zero-order valence-corrected chi connectivity index (χ0v) is 11.1. The highest BCUT2D eigenvalue weighted by Gasteiger charge is 2.48. The lowest BCUT2D eigenvalue weighted by atomic mass is 9.54. The summed E-state index contributed by atoms with van der Waals surface area (Å²) in [6.07, 6.45) is 9.60. The summed E-state index contributed by atoms with van der Waals surface area (Å²) < 4.78 is 0. The van der Waals surface area contributed by atoms with Crippen LogP contribution in [-0.4, -0.2) is 23.8 Å². The van der Waals surface area contributed by atoms with Gasteiger partial charge in [-0.2, -0.15) is 0 Å². The van der Waals surface area contributed by atoms with E-state index < -0.39 is 0 Å². The largest absolute Gasteiger partial charge is 0.396 e. The Kier molecular flexibility index (Phi) is 3.45. The van der Waals surface area contributed by atoms with E-state index >= 15 is 0 Å². The molecule has 17 heavy (non-hydrogen) atoms. The van der Waals surface area contributed by atoms with E-state index in [1.807, 2.05) is 0 Å². The predicted molar refractivity (Wildman–Crippen MR) is 69.8 cm³/mol. The van der Waals surface area contributed by atoms with E-state index in [2.05, 4.69) is 12.2 Å². The molecule has 4 fully saturated rings. The highest BCUT2D eigenvalue weighted by atomic mass is 16.2. The molecule has 4 bridgehead atoms. The van der Waals surface area contributed by atoms with Crippen LogP contribution in [0.2, 0.25) is 0 Å². The minimum atomic E-state index is 0.341. The minimum Gasteiger partial charge on any atom is -0.396 e. The van der Waals surface area contributed by atoms with Gasteiger partial charge in [0.25, 0.3) is 0 Å². The molecule has 4 rings (SSSR count). The molecule has 0 aliphatic heterocycles. The number of hydrogen-bond acceptors (Lipinski definition) is 2. The molecule has 0 aromatic heterocycles. The van der Waals surface area contributed by atoms with Crippen LogP contribution in [-0.2, 0) is 0 Å². The quantitative estimate of drug-likeness (QED) is 0.770. The lowest BCUT2D eigenvalue weighted by Crippen LogP contribution is -2.56. The highest BCUT2D eigenvalue weighted by molar-refractivity contribution is 5.01. The fraction of sp³-hybridized carbons (Fsp3) is 1.00. The number of hydrogen-bond donors (Lipinski definition) is 2. The average Bonchev–Trinajstić information content (AvgIpc) is 2.30. The molecule has 0 spiro atoms. The van der Waals surface area contributed by atoms with Gasteiger partial charge in [0.1, 0.15) is 0 Å². The highest BCUT2D eigenvalue weighted by Crippen LogP contribution is 2.53. The second-order valence-electron chi connectivity index (χ2n) is 6.89. The number of aliphatic hydroxyl groups excluding tert-OH is 1. The lowest BCUT2D eigenvalue weighted by molar-refractivity contribution is -0.0174. The lowest BCUT2D eigenvalue weighted by Gasteiger charge is -2.55. The van der Waals surface area contributed by atoms with Crippen LogP contribution in [0.25, 0.3) is 0 Å². The van der Waals surface area contributed by atoms with Crippen molar-refractivity contribution in [3.05, 3.63) is 0 Å². The summed E-state index contributed by atoms with van der Waals surface area (Å²) in [5.41, 5.74) is 0. The van der Waals surface area contributed by atoms with Gasteiger partial charge < -0.3 is 10.4 Å². The van der Waals surface area contributed by atoms with Crippen LogP contribution < -0.4 is 5.32 Å². The first-order chi connectivity index (χ1) is 8.26. The van der Waals surface area contributed by atoms with Crippen LogP contribution >= 0.6 is 0 Å². The van der Waals surface area contributed by atoms with Crippen LogP contribution in [0.1, 0.15) is 51.9 Å². The van der Waals surface area contributed by atoms with Gasteiger partial charge in [0.15, 0.2) is 0 Å². The summed E-state index contributed by atoms with van der Waals surface area (Å²) in [4.78, 5) is 0. The number of rotatable bonds is 5. The molecule has 0 saturated heterocycles. The van der Waals surface area contributed by atoms with Crippen molar-refractivity contribution in [1.82, 2.24) is 5.32 Å². The minimum absolute atomic E-state index is 0.341. The van der Waals surface area contributed by atoms with Gasteiger partial charge in [0, 0.05) is 18.7 Å². The van der Waals surface area contributed by atoms with Gasteiger partial charge in [-0.3, -0.25) is 0 Å². The third-order valence-corrected chi connectivity index (χ3v) is 5.50. The van der Waals surface area contributed by atoms with E-state index in [-0.39, 0.29) is 0 Å². The van der Waals surface area contributed by atoms with Gasteiger partial charge in [0.2, 0.25) is 0 Å². The van der Waals surface area contributed by atoms with Crippen molar-refractivity contribution in [2.75, 3.05) is 6.61 Å². The molecular weight excluding hydrogens is 210 g/mol. The van der Waals surface area contributed by atoms with Crippen molar-refractivity contribution in [2.45, 2.75) is 64.0 Å². The molecule has 2 heteroatoms. The standard InChI is InChI=1S/C15H27NO/c1-10(3-2-4-17)16-15-13-6-11-5-12(8-13)9-14(15)7-11/h10-17H,2-9H2,1H3. The topological polar surface area (TPSA) is 32.3 Å². The van der Waals surface area contributed by atoms with Crippen molar-refractivity contribution in [2.24, 2.45) is 23.7 Å². The van der Waals surface area contributed by atoms with Crippen LogP contribution in [0.15, 0.2) is 0 Å². The molecule has 4 aliphatic carbocycles. The number of aliphatic hydroxyl groups is 1. The van der Waals surface area contributed by atoms with Crippen LogP contribution in [0.3, 0.4) is 0 Å². The molecule has 0 aromatic carbocycles. The summed E-state index contributed by atoms with van der Waals surface area (Å²) in [7, 11) is 0. The molecule has 0 heterocycles. The Labute approximate surface area is 105 Å². The Morgan fingerprint density at radius 1 is 1.06 bits per heavy atom. The Morgan fingerprint density at radius 3 is 2.18 bits per heavy atom. The SMILES string of the molecule is CC(CCCO)NC1C2CC3CC(C2)CC1C3. The summed E-state index contributed by atoms with van der Waals surface area (Å²) in [5.74, 6) is 4.09. The molecule has 4 aliphatic rings. The van der Waals surface area contributed by atoms with Gasteiger partial charge in [-0.25, -0.2) is 0 Å². The van der Waals surface area contributed by atoms with E-state index in [9.17, 15) is 0 Å². The summed E-state index contributed by atoms with van der Waals surface area (Å²) in [6, 6.07) is 1.39. The average molecular weight is 237 g/mol.